The summed E-state index contributed by atoms with van der Waals surface area (Å²) in [5, 5.41) is 24.0. The van der Waals surface area contributed by atoms with Crippen LogP contribution in [0.25, 0.3) is 0 Å². The quantitative estimate of drug-likeness (QED) is 0.304. The van der Waals surface area contributed by atoms with Crippen molar-refractivity contribution in [2.75, 3.05) is 6.61 Å². The Balaban J connectivity index is 1.55. The van der Waals surface area contributed by atoms with Crippen LogP contribution in [0.4, 0.5) is 0 Å². The molecule has 0 saturated carbocycles. The van der Waals surface area contributed by atoms with Crippen LogP contribution in [-0.2, 0) is 20.7 Å². The van der Waals surface area contributed by atoms with Gasteiger partial charge in [-0.15, -0.1) is 5.10 Å². The van der Waals surface area contributed by atoms with E-state index in [-0.39, 0.29) is 18.9 Å². The van der Waals surface area contributed by atoms with Crippen molar-refractivity contribution >= 4 is 11.9 Å². The fourth-order valence-corrected chi connectivity index (χ4v) is 2.58. The second-order valence-corrected chi connectivity index (χ2v) is 5.98. The Hall–Kier alpha value is -2.87. The zero-order valence-corrected chi connectivity index (χ0v) is 14.0. The average Bonchev–Trinajstić information content (AvgIpc) is 3.36. The Morgan fingerprint density at radius 2 is 2.19 bits per heavy atom. The molecule has 0 bridgehead atoms. The molecule has 0 aromatic carbocycles. The van der Waals surface area contributed by atoms with Gasteiger partial charge in [0.1, 0.15) is 37.3 Å². The van der Waals surface area contributed by atoms with Crippen LogP contribution in [-0.4, -0.2) is 77.8 Å². The number of aliphatic hydroxyl groups excluding tert-OH is 2. The molecule has 5 atom stereocenters. The number of carbonyl (C=O) groups excluding carboxylic acids is 2. The minimum atomic E-state index is -1.38. The molecule has 1 saturated heterocycles. The third-order valence-electron chi connectivity index (χ3n) is 4.01. The van der Waals surface area contributed by atoms with Crippen LogP contribution >= 0.6 is 0 Å². The number of carbonyl (C=O) groups is 2. The van der Waals surface area contributed by atoms with Gasteiger partial charge in [0.05, 0.1) is 6.33 Å². The molecule has 1 fully saturated rings. The van der Waals surface area contributed by atoms with E-state index in [4.69, 9.17) is 20.9 Å². The average molecular weight is 381 g/mol. The van der Waals surface area contributed by atoms with Crippen LogP contribution in [0, 0.1) is 0 Å². The van der Waals surface area contributed by atoms with E-state index in [0.717, 1.165) is 11.0 Å². The van der Waals surface area contributed by atoms with Crippen molar-refractivity contribution in [3.63, 3.8) is 0 Å². The van der Waals surface area contributed by atoms with Crippen LogP contribution in [0.5, 0.6) is 0 Å². The van der Waals surface area contributed by atoms with Crippen LogP contribution in [0.2, 0.25) is 0 Å². The summed E-state index contributed by atoms with van der Waals surface area (Å²) in [6, 6.07) is -0.932. The van der Waals surface area contributed by atoms with E-state index in [1.165, 1.54) is 12.5 Å². The van der Waals surface area contributed by atoms with Gasteiger partial charge >= 0.3 is 5.97 Å². The third-order valence-corrected chi connectivity index (χ3v) is 4.01. The monoisotopic (exact) mass is 381 g/mol. The molecule has 1 amide bonds. The van der Waals surface area contributed by atoms with Gasteiger partial charge in [0.2, 0.25) is 5.82 Å². The number of nitrogens with two attached hydrogens (primary N) is 2. The third kappa shape index (κ3) is 4.11. The summed E-state index contributed by atoms with van der Waals surface area (Å²) in [5.41, 5.74) is 11.5. The number of esters is 1. The van der Waals surface area contributed by atoms with Gasteiger partial charge in [-0.3, -0.25) is 9.59 Å². The van der Waals surface area contributed by atoms with Gasteiger partial charge in [-0.25, -0.2) is 14.6 Å². The Labute approximate surface area is 152 Å². The van der Waals surface area contributed by atoms with Crippen molar-refractivity contribution in [3.05, 3.63) is 30.4 Å². The second-order valence-electron chi connectivity index (χ2n) is 5.98. The molecular weight excluding hydrogens is 362 g/mol. The largest absolute Gasteiger partial charge is 0.462 e. The Bertz CT molecular complexity index is 794. The van der Waals surface area contributed by atoms with Gasteiger partial charge in [-0.1, -0.05) is 0 Å². The molecule has 146 valence electrons. The van der Waals surface area contributed by atoms with E-state index < -0.39 is 42.5 Å². The maximum absolute atomic E-state index is 12.0. The highest BCUT2D eigenvalue weighted by Crippen LogP contribution is 2.29. The van der Waals surface area contributed by atoms with Gasteiger partial charge in [0, 0.05) is 18.3 Å². The van der Waals surface area contributed by atoms with E-state index in [1.54, 1.807) is 0 Å². The number of rotatable bonds is 7. The summed E-state index contributed by atoms with van der Waals surface area (Å²) in [6.45, 7) is -0.332. The van der Waals surface area contributed by atoms with Gasteiger partial charge in [-0.05, 0) is 0 Å². The number of H-pyrrole nitrogens is 1. The highest BCUT2D eigenvalue weighted by molar-refractivity contribution is 5.88. The number of imidazole rings is 1. The molecule has 13 nitrogen and oxygen atoms in total. The first kappa shape index (κ1) is 18.9. The van der Waals surface area contributed by atoms with Gasteiger partial charge in [0.25, 0.3) is 5.91 Å². The van der Waals surface area contributed by atoms with E-state index in [2.05, 4.69) is 20.1 Å². The fourth-order valence-electron chi connectivity index (χ4n) is 2.58. The molecule has 3 heterocycles. The molecule has 0 aliphatic carbocycles. The van der Waals surface area contributed by atoms with Crippen LogP contribution in [0.15, 0.2) is 18.9 Å². The minimum absolute atomic E-state index is 0.201. The normalized spacial score (nSPS) is 26.0. The lowest BCUT2D eigenvalue weighted by Crippen LogP contribution is -2.39. The predicted octanol–water partition coefficient (Wildman–Crippen LogP) is -3.17. The van der Waals surface area contributed by atoms with Crippen LogP contribution in [0.3, 0.4) is 0 Å². The lowest BCUT2D eigenvalue weighted by Gasteiger charge is -2.16. The van der Waals surface area contributed by atoms with Crippen molar-refractivity contribution in [2.45, 2.75) is 37.0 Å². The maximum Gasteiger partial charge on any atom is 0.323 e. The molecule has 27 heavy (non-hydrogen) atoms. The predicted molar refractivity (Wildman–Crippen MR) is 85.7 cm³/mol. The number of ether oxygens (including phenoxy) is 2. The Morgan fingerprint density at radius 1 is 1.41 bits per heavy atom. The number of nitrogens with one attached hydrogen (secondary N) is 1. The number of aliphatic hydroxyl groups is 2. The van der Waals surface area contributed by atoms with Crippen molar-refractivity contribution in [1.29, 1.82) is 0 Å². The number of aromatic amines is 1. The molecule has 3 rings (SSSR count). The molecule has 2 aromatic rings. The Kier molecular flexibility index (Phi) is 5.46. The highest BCUT2D eigenvalue weighted by Gasteiger charge is 2.45. The standard InChI is InChI=1S/C14H19N7O6/c15-7(1-6-2-17-4-18-6)14(25)26-3-8-9(22)10(23)13(27-8)21-5-19-12(20-21)11(16)24/h2,4-5,7-10,13,22-23H,1,3,15H2,(H2,16,24)(H,17,18)/t7-,8+,9+,10+,13+/m0/s1. The lowest BCUT2D eigenvalue weighted by molar-refractivity contribution is -0.151. The molecule has 0 radical (unpaired) electrons. The maximum atomic E-state index is 12.0. The number of hydrogen-bond acceptors (Lipinski definition) is 10. The summed E-state index contributed by atoms with van der Waals surface area (Å²) < 4.78 is 11.6. The van der Waals surface area contributed by atoms with E-state index in [1.807, 2.05) is 0 Å². The van der Waals surface area contributed by atoms with E-state index >= 15 is 0 Å². The van der Waals surface area contributed by atoms with Gasteiger partial charge < -0.3 is 36.1 Å². The number of nitrogens with zero attached hydrogens (tertiary/aromatic N) is 4. The number of amides is 1. The number of aromatic nitrogens is 5. The molecule has 2 aromatic heterocycles. The molecule has 13 heteroatoms. The van der Waals surface area contributed by atoms with Crippen molar-refractivity contribution < 1.29 is 29.3 Å². The van der Waals surface area contributed by atoms with Gasteiger partial charge in [-0.2, -0.15) is 0 Å². The summed E-state index contributed by atoms with van der Waals surface area (Å²) in [7, 11) is 0. The summed E-state index contributed by atoms with van der Waals surface area (Å²) in [6.07, 6.45) is -0.537. The first-order chi connectivity index (χ1) is 12.9. The molecule has 0 spiro atoms. The zero-order valence-electron chi connectivity index (χ0n) is 14.0. The second kappa shape index (κ2) is 7.79. The molecule has 1 aliphatic heterocycles. The highest BCUT2D eigenvalue weighted by atomic mass is 16.6. The summed E-state index contributed by atoms with van der Waals surface area (Å²) >= 11 is 0. The molecule has 7 N–H and O–H groups in total. The Morgan fingerprint density at radius 3 is 2.81 bits per heavy atom. The van der Waals surface area contributed by atoms with Crippen molar-refractivity contribution in [2.24, 2.45) is 11.5 Å². The first-order valence-electron chi connectivity index (χ1n) is 7.99. The lowest BCUT2D eigenvalue weighted by atomic mass is 10.1. The van der Waals surface area contributed by atoms with Crippen molar-refractivity contribution in [1.82, 2.24) is 24.7 Å². The first-order valence-corrected chi connectivity index (χ1v) is 7.99. The number of primary amides is 1. The SMILES string of the molecule is NC(=O)c1ncn([C@@H]2O[C@H](COC(=O)[C@@H](N)Cc3cnc[nH]3)[C@@H](O)[C@H]2O)n1. The zero-order chi connectivity index (χ0) is 19.6. The molecule has 1 aliphatic rings. The van der Waals surface area contributed by atoms with E-state index in [9.17, 15) is 19.8 Å². The van der Waals surface area contributed by atoms with Gasteiger partial charge in [0.15, 0.2) is 6.23 Å². The minimum Gasteiger partial charge on any atom is -0.462 e. The molecule has 0 unspecified atom stereocenters. The van der Waals surface area contributed by atoms with Crippen LogP contribution in [0.1, 0.15) is 22.5 Å². The topological polar surface area (TPSA) is 204 Å². The smallest absolute Gasteiger partial charge is 0.323 e. The van der Waals surface area contributed by atoms with E-state index in [0.29, 0.717) is 5.69 Å². The number of hydrogen-bond donors (Lipinski definition) is 5. The summed E-state index contributed by atoms with van der Waals surface area (Å²) in [4.78, 5) is 33.4. The van der Waals surface area contributed by atoms with Crippen molar-refractivity contribution in [3.8, 4) is 0 Å². The summed E-state index contributed by atoms with van der Waals surface area (Å²) in [5.74, 6) is -1.81. The molecular formula is C14H19N7O6. The van der Waals surface area contributed by atoms with Crippen LogP contribution < -0.4 is 11.5 Å². The fraction of sp³-hybridized carbons (Fsp3) is 0.500.